The third kappa shape index (κ3) is 1.80. The third-order valence-corrected chi connectivity index (χ3v) is 4.11. The Bertz CT molecular complexity index is 718. The molecule has 6 heteroatoms. The molecule has 3 rings (SSSR count). The summed E-state index contributed by atoms with van der Waals surface area (Å²) in [5.74, 6) is -1.54. The number of aryl methyl sites for hydroxylation is 1. The van der Waals surface area contributed by atoms with Crippen LogP contribution < -0.4 is 4.74 Å². The molecule has 1 heterocycles. The van der Waals surface area contributed by atoms with Crippen LogP contribution in [0.15, 0.2) is 17.7 Å². The molecule has 0 saturated heterocycles. The van der Waals surface area contributed by atoms with Crippen molar-refractivity contribution in [2.24, 2.45) is 0 Å². The van der Waals surface area contributed by atoms with Crippen molar-refractivity contribution in [3.63, 3.8) is 0 Å². The summed E-state index contributed by atoms with van der Waals surface area (Å²) in [6.07, 6.45) is 0.903. The molecule has 0 spiro atoms. The monoisotopic (exact) mass is 304 g/mol. The normalized spacial score (nSPS) is 23.5. The summed E-state index contributed by atoms with van der Waals surface area (Å²) in [7, 11) is 1.21. The standard InChI is InChI=1S/C16H16O6/c1-8-6-10(18)12-11(7-8)22-16(15(20)21-2)5-3-4-9(17)13(16)14(12)19/h6-7,18-19H,3-5H2,1-2H3/t16-/m0/s1. The summed E-state index contributed by atoms with van der Waals surface area (Å²) >= 11 is 0. The molecular formula is C16H16O6. The van der Waals surface area contributed by atoms with Crippen LogP contribution in [0.5, 0.6) is 11.5 Å². The maximum atomic E-state index is 12.3. The quantitative estimate of drug-likeness (QED) is 0.771. The number of fused-ring (bicyclic) bond motifs is 2. The van der Waals surface area contributed by atoms with Gasteiger partial charge in [0.1, 0.15) is 22.8 Å². The Labute approximate surface area is 127 Å². The molecule has 0 bridgehead atoms. The lowest BCUT2D eigenvalue weighted by molar-refractivity contribution is -0.159. The van der Waals surface area contributed by atoms with E-state index in [-0.39, 0.29) is 41.3 Å². The highest BCUT2D eigenvalue weighted by molar-refractivity contribution is 6.11. The third-order valence-electron chi connectivity index (χ3n) is 4.11. The van der Waals surface area contributed by atoms with Crippen molar-refractivity contribution in [1.82, 2.24) is 0 Å². The first-order valence-corrected chi connectivity index (χ1v) is 6.99. The van der Waals surface area contributed by atoms with Gasteiger partial charge in [-0.3, -0.25) is 4.79 Å². The lowest BCUT2D eigenvalue weighted by Crippen LogP contribution is -2.53. The molecule has 1 atom stereocenters. The van der Waals surface area contributed by atoms with E-state index in [1.165, 1.54) is 13.2 Å². The first-order chi connectivity index (χ1) is 10.4. The van der Waals surface area contributed by atoms with Crippen molar-refractivity contribution in [2.75, 3.05) is 7.11 Å². The molecule has 0 aromatic heterocycles. The predicted octanol–water partition coefficient (Wildman–Crippen LogP) is 2.03. The molecular weight excluding hydrogens is 288 g/mol. The van der Waals surface area contributed by atoms with Crippen LogP contribution in [0.25, 0.3) is 5.76 Å². The van der Waals surface area contributed by atoms with Gasteiger partial charge in [0.05, 0.1) is 12.7 Å². The summed E-state index contributed by atoms with van der Waals surface area (Å²) in [4.78, 5) is 24.6. The molecule has 1 saturated carbocycles. The fraction of sp³-hybridized carbons (Fsp3) is 0.375. The zero-order valence-electron chi connectivity index (χ0n) is 12.3. The van der Waals surface area contributed by atoms with Crippen LogP contribution in [0.3, 0.4) is 0 Å². The van der Waals surface area contributed by atoms with E-state index in [1.54, 1.807) is 13.0 Å². The van der Waals surface area contributed by atoms with Crippen LogP contribution in [0, 0.1) is 6.92 Å². The van der Waals surface area contributed by atoms with Gasteiger partial charge in [-0.2, -0.15) is 0 Å². The number of aliphatic hydroxyl groups excluding tert-OH is 1. The van der Waals surface area contributed by atoms with E-state index in [0.717, 1.165) is 0 Å². The Kier molecular flexibility index (Phi) is 3.12. The number of methoxy groups -OCH3 is 1. The minimum absolute atomic E-state index is 0.0374. The van der Waals surface area contributed by atoms with Crippen LogP contribution in [0.1, 0.15) is 30.4 Å². The molecule has 116 valence electrons. The molecule has 1 aromatic carbocycles. The maximum absolute atomic E-state index is 12.3. The molecule has 1 aliphatic carbocycles. The smallest absolute Gasteiger partial charge is 0.355 e. The summed E-state index contributed by atoms with van der Waals surface area (Å²) in [6, 6.07) is 3.06. The van der Waals surface area contributed by atoms with Crippen molar-refractivity contribution in [1.29, 1.82) is 0 Å². The topological polar surface area (TPSA) is 93.1 Å². The lowest BCUT2D eigenvalue weighted by Gasteiger charge is -2.40. The number of phenols is 1. The number of aromatic hydroxyl groups is 1. The van der Waals surface area contributed by atoms with E-state index in [0.29, 0.717) is 12.0 Å². The SMILES string of the molecule is COC(=O)[C@]12CCCC(=O)C1=C(O)c1c(O)cc(C)cc1O2. The zero-order valence-corrected chi connectivity index (χ0v) is 12.3. The number of benzene rings is 1. The molecule has 1 fully saturated rings. The number of Topliss-reactive ketones (excluding diaryl/α,β-unsaturated/α-hetero) is 1. The van der Waals surface area contributed by atoms with Crippen LogP contribution in [-0.2, 0) is 14.3 Å². The van der Waals surface area contributed by atoms with Crippen LogP contribution >= 0.6 is 0 Å². The first-order valence-electron chi connectivity index (χ1n) is 6.99. The number of ether oxygens (including phenoxy) is 2. The number of phenolic OH excluding ortho intramolecular Hbond substituents is 1. The number of rotatable bonds is 1. The molecule has 2 N–H and O–H groups in total. The van der Waals surface area contributed by atoms with E-state index in [2.05, 4.69) is 0 Å². The van der Waals surface area contributed by atoms with Crippen molar-refractivity contribution >= 4 is 17.5 Å². The van der Waals surface area contributed by atoms with Gasteiger partial charge in [0.2, 0.25) is 5.60 Å². The largest absolute Gasteiger partial charge is 0.507 e. The van der Waals surface area contributed by atoms with Gasteiger partial charge in [-0.15, -0.1) is 0 Å². The summed E-state index contributed by atoms with van der Waals surface area (Å²) in [5, 5.41) is 20.6. The average molecular weight is 304 g/mol. The fourth-order valence-corrected chi connectivity index (χ4v) is 3.18. The zero-order chi connectivity index (χ0) is 16.1. The maximum Gasteiger partial charge on any atom is 0.355 e. The van der Waals surface area contributed by atoms with Gasteiger partial charge >= 0.3 is 5.97 Å². The van der Waals surface area contributed by atoms with Crippen molar-refractivity contribution in [2.45, 2.75) is 31.8 Å². The van der Waals surface area contributed by atoms with E-state index in [4.69, 9.17) is 9.47 Å². The highest BCUT2D eigenvalue weighted by Crippen LogP contribution is 2.48. The first kappa shape index (κ1) is 14.4. The number of carbonyl (C=O) groups is 2. The van der Waals surface area contributed by atoms with Gasteiger partial charge in [0, 0.05) is 12.8 Å². The molecule has 22 heavy (non-hydrogen) atoms. The Morgan fingerprint density at radius 3 is 2.77 bits per heavy atom. The molecule has 0 radical (unpaired) electrons. The van der Waals surface area contributed by atoms with Crippen molar-refractivity contribution in [3.8, 4) is 11.5 Å². The van der Waals surface area contributed by atoms with Crippen molar-refractivity contribution < 1.29 is 29.3 Å². The number of hydrogen-bond donors (Lipinski definition) is 2. The number of ketones is 1. The van der Waals surface area contributed by atoms with E-state index < -0.39 is 17.3 Å². The van der Waals surface area contributed by atoms with Crippen LogP contribution in [0.2, 0.25) is 0 Å². The Hall–Kier alpha value is -2.50. The summed E-state index contributed by atoms with van der Waals surface area (Å²) in [5.41, 5.74) is -1.02. The Balaban J connectivity index is 2.32. The second-order valence-corrected chi connectivity index (χ2v) is 5.58. The lowest BCUT2D eigenvalue weighted by atomic mass is 9.75. The second-order valence-electron chi connectivity index (χ2n) is 5.58. The highest BCUT2D eigenvalue weighted by Gasteiger charge is 2.55. The molecule has 6 nitrogen and oxygen atoms in total. The minimum atomic E-state index is -1.64. The van der Waals surface area contributed by atoms with Gasteiger partial charge in [-0.05, 0) is 31.0 Å². The number of hydrogen-bond acceptors (Lipinski definition) is 6. The van der Waals surface area contributed by atoms with Gasteiger partial charge < -0.3 is 19.7 Å². The molecule has 2 aliphatic rings. The van der Waals surface area contributed by atoms with E-state index in [9.17, 15) is 19.8 Å². The Morgan fingerprint density at radius 1 is 1.36 bits per heavy atom. The number of esters is 1. The molecule has 1 aromatic rings. The number of carbonyl (C=O) groups excluding carboxylic acids is 2. The summed E-state index contributed by atoms with van der Waals surface area (Å²) in [6.45, 7) is 1.75. The van der Waals surface area contributed by atoms with Crippen LogP contribution in [0.4, 0.5) is 0 Å². The highest BCUT2D eigenvalue weighted by atomic mass is 16.6. The van der Waals surface area contributed by atoms with Crippen molar-refractivity contribution in [3.05, 3.63) is 28.8 Å². The summed E-state index contributed by atoms with van der Waals surface area (Å²) < 4.78 is 10.6. The fourth-order valence-electron chi connectivity index (χ4n) is 3.18. The van der Waals surface area contributed by atoms with E-state index >= 15 is 0 Å². The number of aliphatic hydroxyl groups is 1. The molecule has 0 amide bonds. The second kappa shape index (κ2) is 4.76. The van der Waals surface area contributed by atoms with Crippen LogP contribution in [-0.4, -0.2) is 34.7 Å². The van der Waals surface area contributed by atoms with Gasteiger partial charge in [-0.25, -0.2) is 4.79 Å². The van der Waals surface area contributed by atoms with Gasteiger partial charge in [0.25, 0.3) is 0 Å². The molecule has 0 unspecified atom stereocenters. The average Bonchev–Trinajstić information content (AvgIpc) is 2.45. The van der Waals surface area contributed by atoms with Gasteiger partial charge in [-0.1, -0.05) is 0 Å². The minimum Gasteiger partial charge on any atom is -0.507 e. The van der Waals surface area contributed by atoms with E-state index in [1.807, 2.05) is 0 Å². The Morgan fingerprint density at radius 2 is 2.09 bits per heavy atom. The molecule has 1 aliphatic heterocycles. The predicted molar refractivity (Wildman–Crippen MR) is 76.6 cm³/mol. The van der Waals surface area contributed by atoms with Gasteiger partial charge in [0.15, 0.2) is 5.78 Å².